The molecule has 2 aromatic carbocycles. The van der Waals surface area contributed by atoms with Gasteiger partial charge in [-0.15, -0.1) is 0 Å². The van der Waals surface area contributed by atoms with Crippen molar-refractivity contribution in [3.63, 3.8) is 0 Å². The van der Waals surface area contributed by atoms with E-state index < -0.39 is 0 Å². The summed E-state index contributed by atoms with van der Waals surface area (Å²) in [6.45, 7) is 9.50. The molecule has 3 aromatic rings. The first-order valence-corrected chi connectivity index (χ1v) is 11.8. The second-order valence-corrected chi connectivity index (χ2v) is 9.38. The van der Waals surface area contributed by atoms with Gasteiger partial charge < -0.3 is 9.80 Å². The number of benzene rings is 2. The Kier molecular flexibility index (Phi) is 8.03. The number of hydrogen-bond donors (Lipinski definition) is 0. The Balaban J connectivity index is 2.24. The van der Waals surface area contributed by atoms with Gasteiger partial charge in [-0.2, -0.15) is 0 Å². The molecule has 1 heterocycles. The third-order valence-corrected chi connectivity index (χ3v) is 5.85. The van der Waals surface area contributed by atoms with Gasteiger partial charge in [-0.25, -0.2) is 4.98 Å². The number of carbonyl (C=O) groups is 1. The van der Waals surface area contributed by atoms with Crippen LogP contribution < -0.4 is 5.56 Å². The van der Waals surface area contributed by atoms with Gasteiger partial charge in [-0.1, -0.05) is 50.6 Å². The molecule has 0 bridgehead atoms. The molecule has 0 aliphatic rings. The van der Waals surface area contributed by atoms with Gasteiger partial charge in [0.1, 0.15) is 5.82 Å². The fourth-order valence-electron chi connectivity index (χ4n) is 4.09. The Morgan fingerprint density at radius 3 is 2.30 bits per heavy atom. The minimum absolute atomic E-state index is 0.0940. The van der Waals surface area contributed by atoms with E-state index in [4.69, 9.17) is 4.98 Å². The number of likely N-dealkylation sites (N-methyl/N-ethyl adjacent to an activating group) is 1. The van der Waals surface area contributed by atoms with Crippen molar-refractivity contribution in [3.8, 4) is 5.69 Å². The number of aryl methyl sites for hydroxylation is 1. The average Bonchev–Trinajstić information content (AvgIpc) is 2.77. The molecule has 6 nitrogen and oxygen atoms in total. The molecule has 33 heavy (non-hydrogen) atoms. The molecule has 1 aromatic heterocycles. The van der Waals surface area contributed by atoms with Crippen LogP contribution in [0.3, 0.4) is 0 Å². The fraction of sp³-hybridized carbons (Fsp3) is 0.444. The Labute approximate surface area is 196 Å². The van der Waals surface area contributed by atoms with Gasteiger partial charge in [0.05, 0.1) is 22.6 Å². The summed E-state index contributed by atoms with van der Waals surface area (Å²) in [5.41, 5.74) is 2.43. The van der Waals surface area contributed by atoms with Crippen LogP contribution in [-0.2, 0) is 4.79 Å². The molecule has 176 valence electrons. The highest BCUT2D eigenvalue weighted by molar-refractivity contribution is 5.79. The summed E-state index contributed by atoms with van der Waals surface area (Å²) < 4.78 is 1.70. The van der Waals surface area contributed by atoms with Crippen LogP contribution in [0, 0.1) is 12.8 Å². The molecule has 0 saturated carbocycles. The average molecular weight is 449 g/mol. The van der Waals surface area contributed by atoms with E-state index in [1.807, 2.05) is 74.4 Å². The van der Waals surface area contributed by atoms with E-state index in [0.29, 0.717) is 36.1 Å². The van der Waals surface area contributed by atoms with E-state index in [2.05, 4.69) is 25.7 Å². The maximum atomic E-state index is 13.7. The number of amides is 1. The van der Waals surface area contributed by atoms with Crippen molar-refractivity contribution in [2.75, 3.05) is 27.2 Å². The molecule has 1 atom stereocenters. The zero-order valence-electron chi connectivity index (χ0n) is 20.7. The topological polar surface area (TPSA) is 58.4 Å². The quantitative estimate of drug-likeness (QED) is 0.481. The second kappa shape index (κ2) is 10.8. The van der Waals surface area contributed by atoms with E-state index in [1.54, 1.807) is 4.57 Å². The van der Waals surface area contributed by atoms with Crippen molar-refractivity contribution in [3.05, 3.63) is 70.3 Å². The van der Waals surface area contributed by atoms with Crippen molar-refractivity contribution >= 4 is 16.8 Å². The second-order valence-electron chi connectivity index (χ2n) is 9.38. The molecule has 6 heteroatoms. The van der Waals surface area contributed by atoms with Gasteiger partial charge in [0.2, 0.25) is 5.91 Å². The van der Waals surface area contributed by atoms with Crippen LogP contribution in [0.2, 0.25) is 0 Å². The van der Waals surface area contributed by atoms with Gasteiger partial charge in [0.25, 0.3) is 5.56 Å². The van der Waals surface area contributed by atoms with E-state index in [0.717, 1.165) is 17.8 Å². The lowest BCUT2D eigenvalue weighted by Crippen LogP contribution is -2.42. The maximum Gasteiger partial charge on any atom is 0.266 e. The first-order chi connectivity index (χ1) is 15.7. The highest BCUT2D eigenvalue weighted by Gasteiger charge is 2.29. The SMILES string of the molecule is CCC(c1nc2ccccc2c(=O)n1-c1ccc(C)cc1)N(CCN(C)C)C(=O)CC(C)C. The molecule has 0 radical (unpaired) electrons. The summed E-state index contributed by atoms with van der Waals surface area (Å²) in [5, 5.41) is 0.574. The molecule has 0 aliphatic heterocycles. The molecule has 0 N–H and O–H groups in total. The van der Waals surface area contributed by atoms with E-state index >= 15 is 0 Å². The van der Waals surface area contributed by atoms with Gasteiger partial charge >= 0.3 is 0 Å². The molecule has 3 rings (SSSR count). The normalized spacial score (nSPS) is 12.5. The lowest BCUT2D eigenvalue weighted by atomic mass is 10.1. The number of hydrogen-bond acceptors (Lipinski definition) is 4. The van der Waals surface area contributed by atoms with Crippen LogP contribution in [0.25, 0.3) is 16.6 Å². The van der Waals surface area contributed by atoms with Gasteiger partial charge in [-0.3, -0.25) is 14.2 Å². The van der Waals surface area contributed by atoms with Crippen molar-refractivity contribution in [2.45, 2.75) is 46.6 Å². The van der Waals surface area contributed by atoms with Crippen LogP contribution >= 0.6 is 0 Å². The number of rotatable bonds is 9. The molecule has 0 spiro atoms. The van der Waals surface area contributed by atoms with Gasteiger partial charge in [-0.05, 0) is 57.6 Å². The molecule has 1 unspecified atom stereocenters. The maximum absolute atomic E-state index is 13.7. The Hall–Kier alpha value is -2.99. The Morgan fingerprint density at radius 2 is 1.70 bits per heavy atom. The molecule has 1 amide bonds. The Bertz CT molecular complexity index is 1150. The van der Waals surface area contributed by atoms with E-state index in [1.165, 1.54) is 0 Å². The van der Waals surface area contributed by atoms with E-state index in [9.17, 15) is 9.59 Å². The molecular formula is C27H36N4O2. The van der Waals surface area contributed by atoms with Crippen LogP contribution in [0.5, 0.6) is 0 Å². The number of carbonyl (C=O) groups excluding carboxylic acids is 1. The number of aromatic nitrogens is 2. The summed E-state index contributed by atoms with van der Waals surface area (Å²) in [6, 6.07) is 15.0. The monoisotopic (exact) mass is 448 g/mol. The number of nitrogens with zero attached hydrogens (tertiary/aromatic N) is 4. The first kappa shape index (κ1) is 24.6. The zero-order valence-corrected chi connectivity index (χ0v) is 20.7. The highest BCUT2D eigenvalue weighted by atomic mass is 16.2. The van der Waals surface area contributed by atoms with Crippen LogP contribution in [0.1, 0.15) is 51.0 Å². The number of fused-ring (bicyclic) bond motifs is 1. The zero-order chi connectivity index (χ0) is 24.1. The largest absolute Gasteiger partial charge is 0.331 e. The highest BCUT2D eigenvalue weighted by Crippen LogP contribution is 2.27. The number of para-hydroxylation sites is 1. The lowest BCUT2D eigenvalue weighted by molar-refractivity contribution is -0.135. The summed E-state index contributed by atoms with van der Waals surface area (Å²) >= 11 is 0. The van der Waals surface area contributed by atoms with Gasteiger partial charge in [0.15, 0.2) is 0 Å². The van der Waals surface area contributed by atoms with Crippen molar-refractivity contribution in [1.82, 2.24) is 19.4 Å². The van der Waals surface area contributed by atoms with Crippen molar-refractivity contribution < 1.29 is 4.79 Å². The third kappa shape index (κ3) is 5.69. The summed E-state index contributed by atoms with van der Waals surface area (Å²) in [6.07, 6.45) is 1.13. The van der Waals surface area contributed by atoms with Gasteiger partial charge in [0, 0.05) is 19.5 Å². The lowest BCUT2D eigenvalue weighted by Gasteiger charge is -2.33. The Morgan fingerprint density at radius 1 is 1.03 bits per heavy atom. The molecule has 0 aliphatic carbocycles. The molecular weight excluding hydrogens is 412 g/mol. The summed E-state index contributed by atoms with van der Waals surface area (Å²) in [4.78, 5) is 36.0. The van der Waals surface area contributed by atoms with E-state index in [-0.39, 0.29) is 23.4 Å². The van der Waals surface area contributed by atoms with Crippen molar-refractivity contribution in [1.29, 1.82) is 0 Å². The van der Waals surface area contributed by atoms with Crippen molar-refractivity contribution in [2.24, 2.45) is 5.92 Å². The predicted octanol–water partition coefficient (Wildman–Crippen LogP) is 4.58. The summed E-state index contributed by atoms with van der Waals surface area (Å²) in [7, 11) is 4.01. The standard InChI is InChI=1S/C27H36N4O2/c1-7-24(30(17-16-29(5)6)25(32)18-19(2)3)26-28-23-11-9-8-10-22(23)27(33)31(26)21-14-12-20(4)13-15-21/h8-15,19,24H,7,16-18H2,1-6H3. The smallest absolute Gasteiger partial charge is 0.266 e. The predicted molar refractivity (Wildman–Crippen MR) is 135 cm³/mol. The minimum Gasteiger partial charge on any atom is -0.331 e. The minimum atomic E-state index is -0.310. The van der Waals surface area contributed by atoms with Crippen LogP contribution in [-0.4, -0.2) is 52.4 Å². The van der Waals surface area contributed by atoms with Crippen LogP contribution in [0.15, 0.2) is 53.3 Å². The summed E-state index contributed by atoms with van der Waals surface area (Å²) in [5.74, 6) is 0.957. The molecule has 0 saturated heterocycles. The fourth-order valence-corrected chi connectivity index (χ4v) is 4.09. The third-order valence-electron chi connectivity index (χ3n) is 5.85. The van der Waals surface area contributed by atoms with Crippen LogP contribution in [0.4, 0.5) is 0 Å². The first-order valence-electron chi connectivity index (χ1n) is 11.8. The molecule has 0 fully saturated rings.